The highest BCUT2D eigenvalue weighted by atomic mass is 16.6. The first kappa shape index (κ1) is 11.6. The number of hydrogen-bond donors (Lipinski definition) is 0. The summed E-state index contributed by atoms with van der Waals surface area (Å²) in [4.78, 5) is 35.9. The molecule has 3 rings (SSSR count). The van der Waals surface area contributed by atoms with Gasteiger partial charge in [0, 0.05) is 5.41 Å². The Morgan fingerprint density at radius 3 is 2.56 bits per heavy atom. The molecule has 2 bridgehead atoms. The average molecular weight is 250 g/mol. The third kappa shape index (κ3) is 1.17. The van der Waals surface area contributed by atoms with Crippen molar-refractivity contribution in [2.45, 2.75) is 32.5 Å². The van der Waals surface area contributed by atoms with Crippen molar-refractivity contribution < 1.29 is 23.9 Å². The molecule has 0 saturated carbocycles. The van der Waals surface area contributed by atoms with Crippen LogP contribution in [0.15, 0.2) is 12.2 Å². The van der Waals surface area contributed by atoms with Crippen molar-refractivity contribution in [3.63, 3.8) is 0 Å². The molecule has 5 nitrogen and oxygen atoms in total. The maximum absolute atomic E-state index is 12.5. The van der Waals surface area contributed by atoms with E-state index in [0.717, 1.165) is 0 Å². The van der Waals surface area contributed by atoms with E-state index in [9.17, 15) is 14.4 Å². The zero-order valence-corrected chi connectivity index (χ0v) is 10.4. The second-order valence-corrected chi connectivity index (χ2v) is 6.06. The number of esters is 2. The zero-order chi connectivity index (χ0) is 13.3. The number of Topliss-reactive ketones (excluding diaryl/α,β-unsaturated/α-hetero) is 1. The number of ether oxygens (including phenoxy) is 2. The Kier molecular flexibility index (Phi) is 1.99. The van der Waals surface area contributed by atoms with Crippen LogP contribution in [0.2, 0.25) is 0 Å². The van der Waals surface area contributed by atoms with Crippen LogP contribution in [0.4, 0.5) is 0 Å². The lowest BCUT2D eigenvalue weighted by molar-refractivity contribution is -0.163. The van der Waals surface area contributed by atoms with Crippen LogP contribution in [0.1, 0.15) is 20.8 Å². The van der Waals surface area contributed by atoms with Crippen LogP contribution in [0, 0.1) is 17.3 Å². The van der Waals surface area contributed by atoms with Crippen LogP contribution in [0.25, 0.3) is 0 Å². The SMILES string of the molecule is CC(C)(C)C(=O)C12C=CC(O1)C1C(=O)OC(=O)C12. The van der Waals surface area contributed by atoms with Gasteiger partial charge < -0.3 is 9.47 Å². The monoisotopic (exact) mass is 250 g/mol. The Balaban J connectivity index is 2.09. The molecule has 0 N–H and O–H groups in total. The first-order chi connectivity index (χ1) is 8.27. The lowest BCUT2D eigenvalue weighted by Gasteiger charge is -2.31. The van der Waals surface area contributed by atoms with Crippen LogP contribution in [-0.4, -0.2) is 29.4 Å². The number of rotatable bonds is 1. The van der Waals surface area contributed by atoms with Gasteiger partial charge in [0.1, 0.15) is 11.8 Å². The van der Waals surface area contributed by atoms with Gasteiger partial charge in [0.05, 0.1) is 6.10 Å². The van der Waals surface area contributed by atoms with E-state index >= 15 is 0 Å². The van der Waals surface area contributed by atoms with E-state index in [2.05, 4.69) is 4.74 Å². The van der Waals surface area contributed by atoms with Gasteiger partial charge in [-0.3, -0.25) is 14.4 Å². The fourth-order valence-corrected chi connectivity index (χ4v) is 3.05. The molecule has 96 valence electrons. The molecule has 0 aromatic rings. The minimum atomic E-state index is -1.31. The van der Waals surface area contributed by atoms with Gasteiger partial charge in [0.2, 0.25) is 0 Å². The summed E-state index contributed by atoms with van der Waals surface area (Å²) < 4.78 is 10.3. The number of fused-ring (bicyclic) bond motifs is 5. The molecule has 0 aromatic carbocycles. The summed E-state index contributed by atoms with van der Waals surface area (Å²) in [5.41, 5.74) is -1.96. The Bertz CT molecular complexity index is 498. The predicted molar refractivity (Wildman–Crippen MR) is 59.3 cm³/mol. The maximum atomic E-state index is 12.5. The molecule has 2 saturated heterocycles. The van der Waals surface area contributed by atoms with E-state index in [1.165, 1.54) is 0 Å². The fraction of sp³-hybridized carbons (Fsp3) is 0.615. The van der Waals surface area contributed by atoms with E-state index in [0.29, 0.717) is 0 Å². The Morgan fingerprint density at radius 2 is 1.94 bits per heavy atom. The second kappa shape index (κ2) is 3.09. The highest BCUT2D eigenvalue weighted by Crippen LogP contribution is 2.53. The van der Waals surface area contributed by atoms with Crippen LogP contribution < -0.4 is 0 Å². The smallest absolute Gasteiger partial charge is 0.321 e. The van der Waals surface area contributed by atoms with E-state index in [1.807, 2.05) is 0 Å². The fourth-order valence-electron chi connectivity index (χ4n) is 3.05. The number of ketones is 1. The van der Waals surface area contributed by atoms with Crippen molar-refractivity contribution in [1.29, 1.82) is 0 Å². The molecular formula is C13H14O5. The number of cyclic esters (lactones) is 2. The van der Waals surface area contributed by atoms with Crippen molar-refractivity contribution in [3.8, 4) is 0 Å². The van der Waals surface area contributed by atoms with Crippen molar-refractivity contribution in [2.24, 2.45) is 17.3 Å². The maximum Gasteiger partial charge on any atom is 0.321 e. The average Bonchev–Trinajstić information content (AvgIpc) is 2.89. The van der Waals surface area contributed by atoms with Crippen LogP contribution in [0.3, 0.4) is 0 Å². The van der Waals surface area contributed by atoms with Gasteiger partial charge in [-0.2, -0.15) is 0 Å². The molecule has 3 aliphatic heterocycles. The summed E-state index contributed by atoms with van der Waals surface area (Å²) in [7, 11) is 0. The summed E-state index contributed by atoms with van der Waals surface area (Å²) in [6.07, 6.45) is 2.79. The second-order valence-electron chi connectivity index (χ2n) is 6.06. The molecule has 0 aromatic heterocycles. The van der Waals surface area contributed by atoms with Gasteiger partial charge in [-0.25, -0.2) is 0 Å². The predicted octanol–water partition coefficient (Wildman–Crippen LogP) is 0.625. The normalized spacial score (nSPS) is 41.2. The summed E-state index contributed by atoms with van der Waals surface area (Å²) in [5.74, 6) is -2.88. The van der Waals surface area contributed by atoms with E-state index in [1.54, 1.807) is 32.9 Å². The molecule has 0 aliphatic carbocycles. The molecule has 18 heavy (non-hydrogen) atoms. The summed E-state index contributed by atoms with van der Waals surface area (Å²) in [5, 5.41) is 0. The summed E-state index contributed by atoms with van der Waals surface area (Å²) in [6.45, 7) is 5.30. The Labute approximate surface area is 104 Å². The minimum absolute atomic E-state index is 0.187. The molecule has 5 heteroatoms. The molecule has 0 radical (unpaired) electrons. The minimum Gasteiger partial charge on any atom is -0.393 e. The molecule has 0 spiro atoms. The van der Waals surface area contributed by atoms with Gasteiger partial charge in [-0.15, -0.1) is 0 Å². The largest absolute Gasteiger partial charge is 0.393 e. The highest BCUT2D eigenvalue weighted by Gasteiger charge is 2.70. The van der Waals surface area contributed by atoms with Crippen LogP contribution in [-0.2, 0) is 23.9 Å². The summed E-state index contributed by atoms with van der Waals surface area (Å²) >= 11 is 0. The molecule has 2 fully saturated rings. The zero-order valence-electron chi connectivity index (χ0n) is 10.4. The molecule has 4 unspecified atom stereocenters. The van der Waals surface area contributed by atoms with Crippen molar-refractivity contribution in [3.05, 3.63) is 12.2 Å². The first-order valence-corrected chi connectivity index (χ1v) is 5.95. The quantitative estimate of drug-likeness (QED) is 0.388. The topological polar surface area (TPSA) is 69.7 Å². The number of carbonyl (C=O) groups excluding carboxylic acids is 3. The van der Waals surface area contributed by atoms with Gasteiger partial charge >= 0.3 is 11.9 Å². The van der Waals surface area contributed by atoms with E-state index in [-0.39, 0.29) is 5.78 Å². The molecule has 0 amide bonds. The molecule has 4 atom stereocenters. The summed E-state index contributed by atoms with van der Waals surface area (Å²) in [6, 6.07) is 0. The number of hydrogen-bond acceptors (Lipinski definition) is 5. The first-order valence-electron chi connectivity index (χ1n) is 5.95. The number of carbonyl (C=O) groups is 3. The van der Waals surface area contributed by atoms with Gasteiger partial charge in [0.25, 0.3) is 0 Å². The molecule has 3 heterocycles. The van der Waals surface area contributed by atoms with Crippen LogP contribution >= 0.6 is 0 Å². The molecular weight excluding hydrogens is 236 g/mol. The molecule has 3 aliphatic rings. The van der Waals surface area contributed by atoms with E-state index < -0.39 is 40.9 Å². The van der Waals surface area contributed by atoms with Crippen molar-refractivity contribution in [1.82, 2.24) is 0 Å². The van der Waals surface area contributed by atoms with Crippen LogP contribution in [0.5, 0.6) is 0 Å². The standard InChI is InChI=1S/C13H14O5/c1-12(2,3)11(16)13-5-4-6(18-13)7-8(13)10(15)17-9(7)14/h4-8H,1-3H3. The van der Waals surface area contributed by atoms with Gasteiger partial charge in [-0.05, 0) is 6.08 Å². The third-order valence-corrected chi connectivity index (χ3v) is 3.80. The van der Waals surface area contributed by atoms with Gasteiger partial charge in [0.15, 0.2) is 11.4 Å². The lowest BCUT2D eigenvalue weighted by Crippen LogP contribution is -2.50. The van der Waals surface area contributed by atoms with E-state index in [4.69, 9.17) is 4.74 Å². The highest BCUT2D eigenvalue weighted by molar-refractivity contribution is 6.06. The third-order valence-electron chi connectivity index (χ3n) is 3.80. The van der Waals surface area contributed by atoms with Gasteiger partial charge in [-0.1, -0.05) is 26.8 Å². The Hall–Kier alpha value is -1.49. The Morgan fingerprint density at radius 1 is 1.28 bits per heavy atom. The van der Waals surface area contributed by atoms with Crippen molar-refractivity contribution in [2.75, 3.05) is 0 Å². The van der Waals surface area contributed by atoms with Crippen molar-refractivity contribution >= 4 is 17.7 Å². The lowest BCUT2D eigenvalue weighted by atomic mass is 9.69.